The molecule has 2 aromatic heterocycles. The van der Waals surface area contributed by atoms with Crippen LogP contribution in [0, 0.1) is 6.92 Å². The Bertz CT molecular complexity index is 929. The zero-order valence-corrected chi connectivity index (χ0v) is 17.4. The fourth-order valence-electron chi connectivity index (χ4n) is 3.56. The van der Waals surface area contributed by atoms with E-state index in [2.05, 4.69) is 36.7 Å². The molecule has 0 atom stereocenters. The van der Waals surface area contributed by atoms with E-state index < -0.39 is 0 Å². The summed E-state index contributed by atoms with van der Waals surface area (Å²) in [5.41, 5.74) is 11.4. The van der Waals surface area contributed by atoms with Crippen molar-refractivity contribution >= 4 is 29.0 Å². The summed E-state index contributed by atoms with van der Waals surface area (Å²) >= 11 is 1.71. The molecule has 144 valence electrons. The lowest BCUT2D eigenvalue weighted by Crippen LogP contribution is -2.48. The Balaban J connectivity index is 1.59. The van der Waals surface area contributed by atoms with Gasteiger partial charge in [-0.1, -0.05) is 23.4 Å². The van der Waals surface area contributed by atoms with E-state index in [1.54, 1.807) is 11.8 Å². The van der Waals surface area contributed by atoms with Crippen molar-refractivity contribution in [2.45, 2.75) is 63.9 Å². The fraction of sp³-hybridized carbons (Fsp3) is 0.550. The monoisotopic (exact) mass is 384 g/mol. The molecule has 0 unspecified atom stereocenters. The predicted molar refractivity (Wildman–Crippen MR) is 112 cm³/mol. The molecule has 1 aliphatic carbocycles. The first-order valence-electron chi connectivity index (χ1n) is 9.65. The zero-order valence-electron chi connectivity index (χ0n) is 16.6. The Morgan fingerprint density at radius 2 is 1.89 bits per heavy atom. The minimum absolute atomic E-state index is 0.0728. The highest BCUT2D eigenvalue weighted by molar-refractivity contribution is 8.03. The topological polar surface area (TPSA) is 83.7 Å². The van der Waals surface area contributed by atoms with E-state index in [9.17, 15) is 0 Å². The van der Waals surface area contributed by atoms with Crippen LogP contribution < -0.4 is 10.6 Å². The van der Waals surface area contributed by atoms with Crippen molar-refractivity contribution < 1.29 is 0 Å². The van der Waals surface area contributed by atoms with Crippen LogP contribution in [0.15, 0.2) is 27.2 Å². The molecule has 4 rings (SSSR count). The molecule has 2 aliphatic rings. The molecule has 1 saturated heterocycles. The zero-order chi connectivity index (χ0) is 19.2. The van der Waals surface area contributed by atoms with Crippen molar-refractivity contribution in [3.05, 3.63) is 27.8 Å². The van der Waals surface area contributed by atoms with Gasteiger partial charge in [-0.3, -0.25) is 0 Å². The first-order valence-corrected chi connectivity index (χ1v) is 10.5. The lowest BCUT2D eigenvalue weighted by atomic mass is 9.91. The molecule has 0 amide bonds. The molecule has 1 aliphatic heterocycles. The molecule has 6 nitrogen and oxygen atoms in total. The number of nitrogens with one attached hydrogen (secondary N) is 1. The second-order valence-electron chi connectivity index (χ2n) is 8.10. The van der Waals surface area contributed by atoms with Gasteiger partial charge in [-0.15, -0.1) is 0 Å². The number of fused-ring (bicyclic) bond motifs is 1. The maximum Gasteiger partial charge on any atom is 0.206 e. The molecule has 0 spiro atoms. The highest BCUT2D eigenvalue weighted by Crippen LogP contribution is 2.37. The molecular formula is C20H28N6S. The smallest absolute Gasteiger partial charge is 0.206 e. The summed E-state index contributed by atoms with van der Waals surface area (Å²) in [5, 5.41) is 0.939. The van der Waals surface area contributed by atoms with Gasteiger partial charge in [0.15, 0.2) is 11.3 Å². The molecule has 0 aromatic carbocycles. The average Bonchev–Trinajstić information content (AvgIpc) is 3.01. The summed E-state index contributed by atoms with van der Waals surface area (Å²) in [5.74, 6) is 0.853. The Morgan fingerprint density at radius 3 is 2.63 bits per heavy atom. The van der Waals surface area contributed by atoms with E-state index in [4.69, 9.17) is 20.7 Å². The number of allylic oxidation sites excluding steroid dienone is 3. The molecule has 0 bridgehead atoms. The van der Waals surface area contributed by atoms with Gasteiger partial charge in [0.25, 0.3) is 0 Å². The van der Waals surface area contributed by atoms with Gasteiger partial charge in [-0.05, 0) is 59.0 Å². The number of hydrogen-bond acceptors (Lipinski definition) is 6. The first-order chi connectivity index (χ1) is 12.8. The number of aryl methyl sites for hydroxylation is 1. The lowest BCUT2D eigenvalue weighted by molar-refractivity contribution is 0.362. The van der Waals surface area contributed by atoms with Crippen molar-refractivity contribution in [2.24, 2.45) is 5.73 Å². The van der Waals surface area contributed by atoms with Gasteiger partial charge in [-0.2, -0.15) is 4.98 Å². The third-order valence-corrected chi connectivity index (χ3v) is 6.99. The number of aromatic nitrogens is 4. The predicted octanol–water partition coefficient (Wildman–Crippen LogP) is 4.09. The van der Waals surface area contributed by atoms with Crippen LogP contribution in [-0.2, 0) is 0 Å². The van der Waals surface area contributed by atoms with Gasteiger partial charge >= 0.3 is 0 Å². The minimum Gasteiger partial charge on any atom is -0.342 e. The van der Waals surface area contributed by atoms with Gasteiger partial charge < -0.3 is 15.6 Å². The van der Waals surface area contributed by atoms with Crippen LogP contribution in [0.3, 0.4) is 0 Å². The number of thioether (sulfide) groups is 1. The van der Waals surface area contributed by atoms with E-state index in [1.165, 1.54) is 16.1 Å². The molecule has 0 saturated carbocycles. The van der Waals surface area contributed by atoms with Crippen LogP contribution in [-0.4, -0.2) is 38.6 Å². The lowest BCUT2D eigenvalue weighted by Gasteiger charge is -2.36. The molecule has 2 aromatic rings. The Kier molecular flexibility index (Phi) is 4.76. The quantitative estimate of drug-likeness (QED) is 0.829. The van der Waals surface area contributed by atoms with E-state index in [0.29, 0.717) is 5.65 Å². The molecular weight excluding hydrogens is 356 g/mol. The van der Waals surface area contributed by atoms with Crippen LogP contribution in [0.25, 0.3) is 11.3 Å². The average molecular weight is 385 g/mol. The summed E-state index contributed by atoms with van der Waals surface area (Å²) < 4.78 is 0. The Hall–Kier alpha value is -1.86. The van der Waals surface area contributed by atoms with Crippen LogP contribution in [0.2, 0.25) is 0 Å². The number of aromatic amines is 1. The third kappa shape index (κ3) is 3.75. The van der Waals surface area contributed by atoms with Gasteiger partial charge in [0.2, 0.25) is 5.95 Å². The number of nitrogens with zero attached hydrogens (tertiary/aromatic N) is 4. The summed E-state index contributed by atoms with van der Waals surface area (Å²) in [6.07, 6.45) is 6.49. The fourth-order valence-corrected chi connectivity index (χ4v) is 4.62. The number of nitrogens with two attached hydrogens (primary N) is 1. The van der Waals surface area contributed by atoms with Gasteiger partial charge in [0.05, 0.1) is 5.69 Å². The van der Waals surface area contributed by atoms with E-state index in [1.807, 2.05) is 6.92 Å². The second kappa shape index (κ2) is 6.95. The van der Waals surface area contributed by atoms with Crippen molar-refractivity contribution in [3.63, 3.8) is 0 Å². The standard InChI is InChI=1S/C20H28N6S/c1-12-6-5-7-15(13(12)2)27-18-14(3)22-16-17(23-18)25-19(24-16)26-10-8-20(4,21)9-11-26/h7H,5-6,8-11,21H2,1-4H3,(H,22,23,24,25). The highest BCUT2D eigenvalue weighted by atomic mass is 32.2. The van der Waals surface area contributed by atoms with Crippen molar-refractivity contribution in [3.8, 4) is 0 Å². The van der Waals surface area contributed by atoms with E-state index in [0.717, 1.165) is 61.1 Å². The SMILES string of the molecule is CC1=C(C)C(Sc2nc3nc(N4CCC(C)(N)CC4)[nH]c3nc2C)=CCC1. The maximum absolute atomic E-state index is 6.25. The number of rotatable bonds is 3. The first kappa shape index (κ1) is 18.5. The van der Waals surface area contributed by atoms with Gasteiger partial charge in [-0.25, -0.2) is 9.97 Å². The highest BCUT2D eigenvalue weighted by Gasteiger charge is 2.27. The summed E-state index contributed by atoms with van der Waals surface area (Å²) in [6.45, 7) is 10.4. The number of H-pyrrole nitrogens is 1. The summed E-state index contributed by atoms with van der Waals surface area (Å²) in [6, 6.07) is 0. The molecule has 0 radical (unpaired) electrons. The molecule has 3 heterocycles. The maximum atomic E-state index is 6.25. The molecule has 3 N–H and O–H groups in total. The van der Waals surface area contributed by atoms with E-state index in [-0.39, 0.29) is 5.54 Å². The summed E-state index contributed by atoms with van der Waals surface area (Å²) in [4.78, 5) is 21.2. The molecule has 1 fully saturated rings. The van der Waals surface area contributed by atoms with Crippen molar-refractivity contribution in [2.75, 3.05) is 18.0 Å². The summed E-state index contributed by atoms with van der Waals surface area (Å²) in [7, 11) is 0. The normalized spacial score (nSPS) is 20.3. The van der Waals surface area contributed by atoms with Crippen molar-refractivity contribution in [1.82, 2.24) is 19.9 Å². The van der Waals surface area contributed by atoms with Gasteiger partial charge in [0, 0.05) is 23.5 Å². The van der Waals surface area contributed by atoms with Crippen LogP contribution in [0.1, 0.15) is 52.1 Å². The number of piperidine rings is 1. The van der Waals surface area contributed by atoms with Crippen molar-refractivity contribution in [1.29, 1.82) is 0 Å². The number of imidazole rings is 1. The molecule has 27 heavy (non-hydrogen) atoms. The Morgan fingerprint density at radius 1 is 1.15 bits per heavy atom. The van der Waals surface area contributed by atoms with Gasteiger partial charge in [0.1, 0.15) is 5.03 Å². The van der Waals surface area contributed by atoms with E-state index >= 15 is 0 Å². The number of anilines is 1. The van der Waals surface area contributed by atoms with Crippen LogP contribution >= 0.6 is 11.8 Å². The van der Waals surface area contributed by atoms with Crippen LogP contribution in [0.5, 0.6) is 0 Å². The largest absolute Gasteiger partial charge is 0.342 e. The number of hydrogen-bond donors (Lipinski definition) is 2. The second-order valence-corrected chi connectivity index (χ2v) is 9.13. The Labute approximate surface area is 164 Å². The minimum atomic E-state index is -0.0728. The molecule has 7 heteroatoms. The van der Waals surface area contributed by atoms with Crippen LogP contribution in [0.4, 0.5) is 5.95 Å². The third-order valence-electron chi connectivity index (χ3n) is 5.72.